The van der Waals surface area contributed by atoms with Crippen molar-refractivity contribution in [1.29, 1.82) is 0 Å². The van der Waals surface area contributed by atoms with Crippen molar-refractivity contribution in [1.82, 2.24) is 0 Å². The molecule has 1 heterocycles. The van der Waals surface area contributed by atoms with Crippen LogP contribution in [-0.2, 0) is 6.61 Å². The molecule has 0 N–H and O–H groups in total. The van der Waals surface area contributed by atoms with Crippen LogP contribution in [0.15, 0.2) is 60.7 Å². The third-order valence-electron chi connectivity index (χ3n) is 6.90. The van der Waals surface area contributed by atoms with Crippen LogP contribution < -0.4 is 14.4 Å². The highest BCUT2D eigenvalue weighted by atomic mass is 35.5. The van der Waals surface area contributed by atoms with Crippen LogP contribution in [0.1, 0.15) is 71.6 Å². The van der Waals surface area contributed by atoms with E-state index >= 15 is 0 Å². The lowest BCUT2D eigenvalue weighted by Crippen LogP contribution is -2.29. The quantitative estimate of drug-likeness (QED) is 0.211. The largest absolute Gasteiger partial charge is 0.496 e. The zero-order valence-corrected chi connectivity index (χ0v) is 23.0. The molecule has 37 heavy (non-hydrogen) atoms. The van der Waals surface area contributed by atoms with Crippen molar-refractivity contribution in [3.8, 4) is 11.5 Å². The summed E-state index contributed by atoms with van der Waals surface area (Å²) >= 11 is 6.35. The minimum absolute atomic E-state index is 0.0166. The fourth-order valence-corrected chi connectivity index (χ4v) is 4.85. The number of aryl methyl sites for hydroxylation is 1. The first-order valence-electron chi connectivity index (χ1n) is 13.0. The highest BCUT2D eigenvalue weighted by Gasteiger charge is 2.14. The van der Waals surface area contributed by atoms with Crippen LogP contribution in [0.3, 0.4) is 0 Å². The van der Waals surface area contributed by atoms with Crippen molar-refractivity contribution in [2.24, 2.45) is 0 Å². The van der Waals surface area contributed by atoms with E-state index in [1.54, 1.807) is 13.2 Å². The highest BCUT2D eigenvalue weighted by molar-refractivity contribution is 6.31. The molecular weight excluding hydrogens is 482 g/mol. The average molecular weight is 518 g/mol. The second-order valence-corrected chi connectivity index (χ2v) is 10.4. The van der Waals surface area contributed by atoms with Gasteiger partial charge in [-0.05, 0) is 103 Å². The van der Waals surface area contributed by atoms with Crippen LogP contribution in [0.5, 0.6) is 11.5 Å². The lowest BCUT2D eigenvalue weighted by atomic mass is 10.0. The fraction of sp³-hybridized carbons (Fsp3) is 0.344. The second kappa shape index (κ2) is 12.3. The molecule has 1 aliphatic rings. The van der Waals surface area contributed by atoms with E-state index in [1.165, 1.54) is 24.9 Å². The minimum atomic E-state index is -0.0166. The number of nitrogens with zero attached hydrogens (tertiary/aromatic N) is 1. The van der Waals surface area contributed by atoms with E-state index in [9.17, 15) is 4.79 Å². The normalized spacial score (nSPS) is 13.8. The van der Waals surface area contributed by atoms with Gasteiger partial charge in [0.1, 0.15) is 18.1 Å². The van der Waals surface area contributed by atoms with Gasteiger partial charge in [-0.3, -0.25) is 4.79 Å². The number of carbonyl (C=O) groups excluding carboxylic acids is 1. The Bertz CT molecular complexity index is 1260. The van der Waals surface area contributed by atoms with Crippen LogP contribution in [0.4, 0.5) is 5.69 Å². The lowest BCUT2D eigenvalue weighted by molar-refractivity contribution is 0.104. The van der Waals surface area contributed by atoms with Gasteiger partial charge >= 0.3 is 0 Å². The summed E-state index contributed by atoms with van der Waals surface area (Å²) in [5.74, 6) is 1.83. The molecule has 1 aliphatic heterocycles. The van der Waals surface area contributed by atoms with Crippen LogP contribution in [0.2, 0.25) is 5.02 Å². The number of methoxy groups -OCH3 is 1. The molecule has 1 fully saturated rings. The predicted molar refractivity (Wildman–Crippen MR) is 153 cm³/mol. The van der Waals surface area contributed by atoms with E-state index in [2.05, 4.69) is 30.9 Å². The molecule has 0 aromatic heterocycles. The van der Waals surface area contributed by atoms with Gasteiger partial charge in [0.25, 0.3) is 0 Å². The van der Waals surface area contributed by atoms with Crippen molar-refractivity contribution in [2.45, 2.75) is 52.6 Å². The predicted octanol–water partition coefficient (Wildman–Crippen LogP) is 8.25. The van der Waals surface area contributed by atoms with Gasteiger partial charge in [0.15, 0.2) is 5.78 Å². The third-order valence-corrected chi connectivity index (χ3v) is 7.31. The van der Waals surface area contributed by atoms with Gasteiger partial charge in [-0.15, -0.1) is 0 Å². The Labute approximate surface area is 225 Å². The van der Waals surface area contributed by atoms with Gasteiger partial charge in [-0.2, -0.15) is 0 Å². The number of carbonyl (C=O) groups is 1. The first kappa shape index (κ1) is 26.8. The number of piperidine rings is 1. The van der Waals surface area contributed by atoms with E-state index < -0.39 is 0 Å². The second-order valence-electron chi connectivity index (χ2n) is 9.95. The van der Waals surface area contributed by atoms with Crippen molar-refractivity contribution in [2.75, 3.05) is 25.1 Å². The topological polar surface area (TPSA) is 38.8 Å². The molecule has 0 spiro atoms. The highest BCUT2D eigenvalue weighted by Crippen LogP contribution is 2.33. The van der Waals surface area contributed by atoms with Crippen molar-refractivity contribution >= 4 is 29.1 Å². The van der Waals surface area contributed by atoms with E-state index in [-0.39, 0.29) is 11.7 Å². The Morgan fingerprint density at radius 1 is 1.00 bits per heavy atom. The Morgan fingerprint density at radius 3 is 2.41 bits per heavy atom. The Balaban J connectivity index is 1.46. The maximum Gasteiger partial charge on any atom is 0.185 e. The molecule has 0 aliphatic carbocycles. The van der Waals surface area contributed by atoms with Gasteiger partial charge in [0.05, 0.1) is 7.11 Å². The smallest absolute Gasteiger partial charge is 0.185 e. The molecule has 4 nitrogen and oxygen atoms in total. The van der Waals surface area contributed by atoms with E-state index in [1.807, 2.05) is 55.5 Å². The molecule has 0 unspecified atom stereocenters. The zero-order valence-electron chi connectivity index (χ0n) is 22.2. The standard InChI is InChI=1S/C32H36ClNO3/c1-22(2)28-20-29(33)23(3)18-32(28)37-21-26-19-24(9-15-31(26)36-4)8-14-30(35)25-10-12-27(13-11-25)34-16-6-5-7-17-34/h8-15,18-20,22H,5-7,16-17,21H2,1-4H3/b14-8+. The summed E-state index contributed by atoms with van der Waals surface area (Å²) in [5, 5.41) is 0.742. The van der Waals surface area contributed by atoms with Crippen molar-refractivity contribution in [3.05, 3.63) is 93.5 Å². The molecule has 194 valence electrons. The summed E-state index contributed by atoms with van der Waals surface area (Å²) in [6, 6.07) is 17.8. The molecule has 3 aromatic rings. The number of anilines is 1. The Hall–Kier alpha value is -3.24. The molecular formula is C32H36ClNO3. The number of hydrogen-bond acceptors (Lipinski definition) is 4. The lowest BCUT2D eigenvalue weighted by Gasteiger charge is -2.28. The number of halogens is 1. The van der Waals surface area contributed by atoms with Crippen LogP contribution in [0.25, 0.3) is 6.08 Å². The minimum Gasteiger partial charge on any atom is -0.496 e. The summed E-state index contributed by atoms with van der Waals surface area (Å²) in [7, 11) is 1.65. The average Bonchev–Trinajstić information content (AvgIpc) is 2.92. The van der Waals surface area contributed by atoms with Crippen LogP contribution >= 0.6 is 11.6 Å². The third kappa shape index (κ3) is 6.75. The summed E-state index contributed by atoms with van der Waals surface area (Å²) in [6.07, 6.45) is 7.24. The number of ether oxygens (including phenoxy) is 2. The number of allylic oxidation sites excluding steroid dienone is 1. The molecule has 0 amide bonds. The van der Waals surface area contributed by atoms with E-state index in [0.29, 0.717) is 12.2 Å². The first-order chi connectivity index (χ1) is 17.9. The molecule has 4 rings (SSSR count). The first-order valence-corrected chi connectivity index (χ1v) is 13.4. The summed E-state index contributed by atoms with van der Waals surface area (Å²) in [4.78, 5) is 15.2. The summed E-state index contributed by atoms with van der Waals surface area (Å²) < 4.78 is 11.8. The number of rotatable bonds is 9. The van der Waals surface area contributed by atoms with Gasteiger partial charge in [-0.1, -0.05) is 37.6 Å². The van der Waals surface area contributed by atoms with Crippen molar-refractivity contribution in [3.63, 3.8) is 0 Å². The van der Waals surface area contributed by atoms with Gasteiger partial charge in [0.2, 0.25) is 0 Å². The number of hydrogen-bond donors (Lipinski definition) is 0. The molecule has 0 radical (unpaired) electrons. The summed E-state index contributed by atoms with van der Waals surface area (Å²) in [5.41, 5.74) is 5.75. The monoisotopic (exact) mass is 517 g/mol. The fourth-order valence-electron chi connectivity index (χ4n) is 4.67. The molecule has 3 aromatic carbocycles. The van der Waals surface area contributed by atoms with Crippen LogP contribution in [0, 0.1) is 6.92 Å². The molecule has 0 atom stereocenters. The molecule has 0 saturated carbocycles. The number of benzene rings is 3. The zero-order chi connectivity index (χ0) is 26.4. The van der Waals surface area contributed by atoms with E-state index in [0.717, 1.165) is 51.9 Å². The molecule has 0 bridgehead atoms. The SMILES string of the molecule is COc1ccc(/C=C/C(=O)c2ccc(N3CCCCC3)cc2)cc1COc1cc(C)c(Cl)cc1C(C)C. The van der Waals surface area contributed by atoms with Crippen molar-refractivity contribution < 1.29 is 14.3 Å². The number of ketones is 1. The maximum atomic E-state index is 12.8. The Kier molecular flexibility index (Phi) is 8.94. The van der Waals surface area contributed by atoms with Gasteiger partial charge in [-0.25, -0.2) is 0 Å². The Morgan fingerprint density at radius 2 is 1.73 bits per heavy atom. The van der Waals surface area contributed by atoms with E-state index in [4.69, 9.17) is 21.1 Å². The summed E-state index contributed by atoms with van der Waals surface area (Å²) in [6.45, 7) is 8.75. The molecule has 1 saturated heterocycles. The van der Waals surface area contributed by atoms with Gasteiger partial charge < -0.3 is 14.4 Å². The molecule has 5 heteroatoms. The van der Waals surface area contributed by atoms with Crippen LogP contribution in [-0.4, -0.2) is 26.0 Å². The van der Waals surface area contributed by atoms with Gasteiger partial charge in [0, 0.05) is 34.9 Å². The maximum absolute atomic E-state index is 12.8.